The molecule has 2 unspecified atom stereocenters. The van der Waals surface area contributed by atoms with E-state index in [0.29, 0.717) is 6.04 Å². The summed E-state index contributed by atoms with van der Waals surface area (Å²) in [4.78, 5) is 0. The van der Waals surface area contributed by atoms with Crippen molar-refractivity contribution in [2.24, 2.45) is 11.8 Å². The highest BCUT2D eigenvalue weighted by atomic mass is 15.2. The summed E-state index contributed by atoms with van der Waals surface area (Å²) in [6.07, 6.45) is 7.36. The highest BCUT2D eigenvalue weighted by molar-refractivity contribution is 5.36. The second-order valence-corrected chi connectivity index (χ2v) is 4.39. The van der Waals surface area contributed by atoms with Crippen molar-refractivity contribution in [3.8, 4) is 0 Å². The topological polar surface area (TPSA) is 37.8 Å². The third kappa shape index (κ3) is 1.37. The molecular weight excluding hydrogens is 174 g/mol. The summed E-state index contributed by atoms with van der Waals surface area (Å²) in [5, 5.41) is 11.4. The van der Waals surface area contributed by atoms with E-state index in [2.05, 4.69) is 15.5 Å². The molecule has 1 heterocycles. The minimum Gasteiger partial charge on any atom is -0.365 e. The number of rotatable bonds is 2. The van der Waals surface area contributed by atoms with Gasteiger partial charge in [0.05, 0.1) is 0 Å². The Kier molecular flexibility index (Phi) is 1.89. The summed E-state index contributed by atoms with van der Waals surface area (Å²) in [7, 11) is 0. The maximum atomic E-state index is 4.06. The third-order valence-corrected chi connectivity index (χ3v) is 3.54. The molecule has 3 nitrogen and oxygen atoms in total. The molecule has 0 spiro atoms. The van der Waals surface area contributed by atoms with Crippen LogP contribution in [0.1, 0.15) is 25.7 Å². The summed E-state index contributed by atoms with van der Waals surface area (Å²) in [5.74, 6) is 2.78. The molecule has 0 aliphatic heterocycles. The second kappa shape index (κ2) is 3.23. The molecule has 14 heavy (non-hydrogen) atoms. The third-order valence-electron chi connectivity index (χ3n) is 3.54. The maximum Gasteiger partial charge on any atom is 0.148 e. The Hall–Kier alpha value is -1.12. The normalized spacial score (nSPS) is 34.7. The molecule has 0 amide bonds. The van der Waals surface area contributed by atoms with Gasteiger partial charge >= 0.3 is 0 Å². The Bertz CT molecular complexity index is 300. The number of hydrogen-bond acceptors (Lipinski definition) is 3. The van der Waals surface area contributed by atoms with Gasteiger partial charge in [-0.15, -0.1) is 5.10 Å². The molecule has 1 N–H and O–H groups in total. The first-order valence-corrected chi connectivity index (χ1v) is 5.49. The summed E-state index contributed by atoms with van der Waals surface area (Å²) in [5.41, 5.74) is 0. The number of anilines is 1. The predicted molar refractivity (Wildman–Crippen MR) is 54.9 cm³/mol. The van der Waals surface area contributed by atoms with Crippen molar-refractivity contribution in [2.75, 3.05) is 5.32 Å². The molecule has 1 aromatic rings. The fraction of sp³-hybridized carbons (Fsp3) is 0.636. The Morgan fingerprint density at radius 1 is 1.21 bits per heavy atom. The van der Waals surface area contributed by atoms with Gasteiger partial charge in [0, 0.05) is 12.2 Å². The zero-order chi connectivity index (χ0) is 9.38. The number of nitrogens with zero attached hydrogens (tertiary/aromatic N) is 2. The number of hydrogen-bond donors (Lipinski definition) is 1. The van der Waals surface area contributed by atoms with Gasteiger partial charge in [-0.1, -0.05) is 12.8 Å². The molecule has 0 bridgehead atoms. The number of fused-ring (bicyclic) bond motifs is 1. The van der Waals surface area contributed by atoms with E-state index < -0.39 is 0 Å². The lowest BCUT2D eigenvalue weighted by Gasteiger charge is -2.04. The van der Waals surface area contributed by atoms with Crippen molar-refractivity contribution < 1.29 is 0 Å². The van der Waals surface area contributed by atoms with Crippen LogP contribution in [0, 0.1) is 11.8 Å². The van der Waals surface area contributed by atoms with Crippen molar-refractivity contribution >= 4 is 5.82 Å². The zero-order valence-electron chi connectivity index (χ0n) is 8.19. The summed E-state index contributed by atoms with van der Waals surface area (Å²) < 4.78 is 0. The van der Waals surface area contributed by atoms with Gasteiger partial charge in [0.1, 0.15) is 5.82 Å². The summed E-state index contributed by atoms with van der Waals surface area (Å²) in [6.45, 7) is 0. The lowest BCUT2D eigenvalue weighted by molar-refractivity contribution is 0.480. The van der Waals surface area contributed by atoms with Crippen LogP contribution in [-0.4, -0.2) is 16.2 Å². The van der Waals surface area contributed by atoms with Gasteiger partial charge in [-0.05, 0) is 36.8 Å². The molecule has 74 valence electrons. The molecule has 2 saturated carbocycles. The molecule has 2 atom stereocenters. The van der Waals surface area contributed by atoms with Crippen molar-refractivity contribution in [3.63, 3.8) is 0 Å². The molecule has 3 rings (SSSR count). The van der Waals surface area contributed by atoms with Gasteiger partial charge in [0.15, 0.2) is 0 Å². The van der Waals surface area contributed by atoms with Crippen LogP contribution in [0.3, 0.4) is 0 Å². The fourth-order valence-corrected chi connectivity index (χ4v) is 2.76. The molecule has 0 saturated heterocycles. The Morgan fingerprint density at radius 3 is 2.64 bits per heavy atom. The highest BCUT2D eigenvalue weighted by Gasteiger charge is 2.50. The number of aromatic nitrogens is 2. The van der Waals surface area contributed by atoms with E-state index in [1.165, 1.54) is 25.7 Å². The molecule has 2 aliphatic rings. The molecule has 2 aliphatic carbocycles. The zero-order valence-corrected chi connectivity index (χ0v) is 8.19. The Labute approximate surface area is 83.9 Å². The minimum absolute atomic E-state index is 0.689. The molecule has 1 aromatic heterocycles. The van der Waals surface area contributed by atoms with Crippen LogP contribution >= 0.6 is 0 Å². The largest absolute Gasteiger partial charge is 0.365 e. The Morgan fingerprint density at radius 2 is 2.00 bits per heavy atom. The first kappa shape index (κ1) is 8.21. The van der Waals surface area contributed by atoms with E-state index in [4.69, 9.17) is 0 Å². The smallest absolute Gasteiger partial charge is 0.148 e. The van der Waals surface area contributed by atoms with Crippen LogP contribution in [0.15, 0.2) is 18.3 Å². The SMILES string of the molecule is c1cnnc(NC2C3CCCCC32)c1. The average Bonchev–Trinajstić information content (AvgIpc) is 2.94. The van der Waals surface area contributed by atoms with Crippen molar-refractivity contribution in [2.45, 2.75) is 31.7 Å². The summed E-state index contributed by atoms with van der Waals surface area (Å²) >= 11 is 0. The van der Waals surface area contributed by atoms with Crippen LogP contribution in [-0.2, 0) is 0 Å². The van der Waals surface area contributed by atoms with Gasteiger partial charge in [-0.25, -0.2) is 0 Å². The van der Waals surface area contributed by atoms with E-state index in [9.17, 15) is 0 Å². The first-order valence-electron chi connectivity index (χ1n) is 5.49. The van der Waals surface area contributed by atoms with Crippen LogP contribution in [0.25, 0.3) is 0 Å². The van der Waals surface area contributed by atoms with E-state index in [1.807, 2.05) is 12.1 Å². The average molecular weight is 189 g/mol. The van der Waals surface area contributed by atoms with Gasteiger partial charge in [0.2, 0.25) is 0 Å². The quantitative estimate of drug-likeness (QED) is 0.774. The Balaban J connectivity index is 1.64. The van der Waals surface area contributed by atoms with Gasteiger partial charge in [-0.2, -0.15) is 5.10 Å². The van der Waals surface area contributed by atoms with Gasteiger partial charge < -0.3 is 5.32 Å². The van der Waals surface area contributed by atoms with Crippen LogP contribution in [0.2, 0.25) is 0 Å². The van der Waals surface area contributed by atoms with Crippen LogP contribution in [0.5, 0.6) is 0 Å². The van der Waals surface area contributed by atoms with Crippen molar-refractivity contribution in [3.05, 3.63) is 18.3 Å². The first-order chi connectivity index (χ1) is 6.95. The maximum absolute atomic E-state index is 4.06. The van der Waals surface area contributed by atoms with E-state index in [1.54, 1.807) is 6.20 Å². The molecule has 2 fully saturated rings. The van der Waals surface area contributed by atoms with E-state index in [0.717, 1.165) is 17.7 Å². The van der Waals surface area contributed by atoms with Crippen molar-refractivity contribution in [1.29, 1.82) is 0 Å². The van der Waals surface area contributed by atoms with E-state index in [-0.39, 0.29) is 0 Å². The summed E-state index contributed by atoms with van der Waals surface area (Å²) in [6, 6.07) is 4.62. The van der Waals surface area contributed by atoms with Gasteiger partial charge in [-0.3, -0.25) is 0 Å². The molecule has 0 radical (unpaired) electrons. The molecule has 3 heteroatoms. The van der Waals surface area contributed by atoms with Gasteiger partial charge in [0.25, 0.3) is 0 Å². The second-order valence-electron chi connectivity index (χ2n) is 4.39. The minimum atomic E-state index is 0.689. The van der Waals surface area contributed by atoms with E-state index >= 15 is 0 Å². The number of nitrogens with one attached hydrogen (secondary N) is 1. The highest BCUT2D eigenvalue weighted by Crippen LogP contribution is 2.50. The predicted octanol–water partition coefficient (Wildman–Crippen LogP) is 2.08. The standard InChI is InChI=1S/C11H15N3/c1-2-5-9-8(4-1)11(9)13-10-6-3-7-12-14-10/h3,6-9,11H,1-2,4-5H2,(H,13,14). The molecule has 0 aromatic carbocycles. The van der Waals surface area contributed by atoms with Crippen LogP contribution in [0.4, 0.5) is 5.82 Å². The lowest BCUT2D eigenvalue weighted by atomic mass is 10.0. The van der Waals surface area contributed by atoms with Crippen molar-refractivity contribution in [1.82, 2.24) is 10.2 Å². The molecular formula is C11H15N3. The van der Waals surface area contributed by atoms with Crippen LogP contribution < -0.4 is 5.32 Å². The fourth-order valence-electron chi connectivity index (χ4n) is 2.76. The lowest BCUT2D eigenvalue weighted by Crippen LogP contribution is -2.07. The monoisotopic (exact) mass is 189 g/mol.